The standard InChI is InChI=1S/C16H20O11S5/c17-8(2-28)22-1-7-13(24-9(18)3-29)14(25-10(19)4-30)15(26-11(20)5-31)16(23-7)27-12(21)6-32/h7,13,16,28-32H,1-6H2/t7?,13-,16-/m1/s1. The van der Waals surface area contributed by atoms with E-state index in [0.29, 0.717) is 0 Å². The molecule has 32 heavy (non-hydrogen) atoms. The molecule has 16 heteroatoms. The van der Waals surface area contributed by atoms with Gasteiger partial charge in [-0.15, -0.1) is 0 Å². The summed E-state index contributed by atoms with van der Waals surface area (Å²) < 4.78 is 31.1. The number of carbonyl (C=O) groups is 5. The third kappa shape index (κ3) is 8.97. The Bertz CT molecular complexity index is 757. The van der Waals surface area contributed by atoms with Crippen LogP contribution in [0.2, 0.25) is 0 Å². The van der Waals surface area contributed by atoms with Crippen LogP contribution >= 0.6 is 63.1 Å². The summed E-state index contributed by atoms with van der Waals surface area (Å²) in [6.07, 6.45) is -4.65. The van der Waals surface area contributed by atoms with Gasteiger partial charge in [-0.05, 0) is 0 Å². The molecular weight excluding hydrogens is 529 g/mol. The highest BCUT2D eigenvalue weighted by atomic mass is 32.1. The molecule has 0 aromatic carbocycles. The molecule has 0 saturated heterocycles. The van der Waals surface area contributed by atoms with Gasteiger partial charge >= 0.3 is 29.8 Å². The summed E-state index contributed by atoms with van der Waals surface area (Å²) in [6, 6.07) is 0. The zero-order valence-corrected chi connectivity index (χ0v) is 20.7. The molecule has 0 N–H and O–H groups in total. The van der Waals surface area contributed by atoms with Crippen LogP contribution in [0.1, 0.15) is 0 Å². The van der Waals surface area contributed by atoms with Crippen LogP contribution in [0.25, 0.3) is 0 Å². The molecule has 0 bridgehead atoms. The summed E-state index contributed by atoms with van der Waals surface area (Å²) in [5.74, 6) is -7.33. The highest BCUT2D eigenvalue weighted by molar-refractivity contribution is 7.81. The Labute approximate surface area is 210 Å². The molecule has 1 aliphatic rings. The normalized spacial score (nSPS) is 20.2. The number of hydrogen-bond acceptors (Lipinski definition) is 16. The maximum Gasteiger partial charge on any atom is 0.321 e. The van der Waals surface area contributed by atoms with E-state index in [9.17, 15) is 24.0 Å². The van der Waals surface area contributed by atoms with E-state index < -0.39 is 78.0 Å². The van der Waals surface area contributed by atoms with Crippen molar-refractivity contribution >= 4 is 93.0 Å². The van der Waals surface area contributed by atoms with Crippen molar-refractivity contribution in [1.82, 2.24) is 0 Å². The van der Waals surface area contributed by atoms with Crippen molar-refractivity contribution in [3.63, 3.8) is 0 Å². The first-order valence-corrected chi connectivity index (χ1v) is 11.8. The van der Waals surface area contributed by atoms with E-state index in [-0.39, 0.29) is 17.3 Å². The average molecular weight is 549 g/mol. The van der Waals surface area contributed by atoms with Gasteiger partial charge in [0.2, 0.25) is 5.76 Å². The van der Waals surface area contributed by atoms with Crippen molar-refractivity contribution in [2.75, 3.05) is 35.4 Å². The number of carbonyl (C=O) groups excluding carboxylic acids is 5. The van der Waals surface area contributed by atoms with Crippen molar-refractivity contribution in [2.24, 2.45) is 0 Å². The first-order valence-electron chi connectivity index (χ1n) is 8.60. The number of thiol groups is 5. The molecule has 1 heterocycles. The summed E-state index contributed by atoms with van der Waals surface area (Å²) in [6.45, 7) is -0.533. The van der Waals surface area contributed by atoms with Crippen molar-refractivity contribution in [3.05, 3.63) is 11.5 Å². The van der Waals surface area contributed by atoms with Crippen LogP contribution < -0.4 is 0 Å². The SMILES string of the molecule is O=C(CS)OCC1O[C@H](OC(=O)CS)C(OC(=O)CS)=C(OC(=O)CS)[C@@H]1OC(=O)CS. The molecule has 1 aliphatic heterocycles. The predicted molar refractivity (Wildman–Crippen MR) is 124 cm³/mol. The van der Waals surface area contributed by atoms with E-state index >= 15 is 0 Å². The Morgan fingerprint density at radius 2 is 1.12 bits per heavy atom. The van der Waals surface area contributed by atoms with Crippen molar-refractivity contribution < 1.29 is 52.4 Å². The van der Waals surface area contributed by atoms with Gasteiger partial charge in [-0.3, -0.25) is 24.0 Å². The fraction of sp³-hybridized carbons (Fsp3) is 0.562. The van der Waals surface area contributed by atoms with Crippen LogP contribution in [0.15, 0.2) is 11.5 Å². The lowest BCUT2D eigenvalue weighted by Gasteiger charge is -2.36. The smallest absolute Gasteiger partial charge is 0.321 e. The Kier molecular flexibility index (Phi) is 13.4. The Hall–Kier alpha value is -1.20. The second kappa shape index (κ2) is 14.8. The van der Waals surface area contributed by atoms with E-state index in [0.717, 1.165) is 0 Å². The maximum atomic E-state index is 12.0. The zero-order valence-electron chi connectivity index (χ0n) is 16.2. The third-order valence-electron chi connectivity index (χ3n) is 3.35. The van der Waals surface area contributed by atoms with Gasteiger partial charge in [0.05, 0.1) is 28.8 Å². The topological polar surface area (TPSA) is 141 Å². The highest BCUT2D eigenvalue weighted by Crippen LogP contribution is 2.32. The van der Waals surface area contributed by atoms with E-state index in [1.54, 1.807) is 0 Å². The van der Waals surface area contributed by atoms with E-state index in [1.165, 1.54) is 0 Å². The zero-order chi connectivity index (χ0) is 24.3. The van der Waals surface area contributed by atoms with Gasteiger partial charge in [0.1, 0.15) is 12.7 Å². The van der Waals surface area contributed by atoms with E-state index in [4.69, 9.17) is 28.4 Å². The van der Waals surface area contributed by atoms with Gasteiger partial charge in [-0.2, -0.15) is 63.1 Å². The monoisotopic (exact) mass is 548 g/mol. The molecule has 3 atom stereocenters. The van der Waals surface area contributed by atoms with Crippen molar-refractivity contribution in [2.45, 2.75) is 18.5 Å². The average Bonchev–Trinajstić information content (AvgIpc) is 2.80. The molecule has 0 aromatic rings. The molecule has 0 fully saturated rings. The van der Waals surface area contributed by atoms with Gasteiger partial charge in [-0.1, -0.05) is 0 Å². The quantitative estimate of drug-likeness (QED) is 0.132. The summed E-state index contributed by atoms with van der Waals surface area (Å²) in [5, 5.41) is 0. The maximum absolute atomic E-state index is 12.0. The lowest BCUT2D eigenvalue weighted by molar-refractivity contribution is -0.224. The second-order valence-electron chi connectivity index (χ2n) is 5.56. The molecule has 0 amide bonds. The van der Waals surface area contributed by atoms with Gasteiger partial charge < -0.3 is 28.4 Å². The molecule has 1 unspecified atom stereocenters. The number of ether oxygens (including phenoxy) is 6. The van der Waals surface area contributed by atoms with Gasteiger partial charge in [0, 0.05) is 0 Å². The van der Waals surface area contributed by atoms with Crippen molar-refractivity contribution in [1.29, 1.82) is 0 Å². The van der Waals surface area contributed by atoms with Crippen LogP contribution in [-0.2, 0) is 52.4 Å². The van der Waals surface area contributed by atoms with Crippen LogP contribution in [-0.4, -0.2) is 83.7 Å². The Balaban J connectivity index is 3.55. The van der Waals surface area contributed by atoms with Crippen LogP contribution in [0, 0.1) is 0 Å². The van der Waals surface area contributed by atoms with Crippen molar-refractivity contribution in [3.8, 4) is 0 Å². The number of hydrogen-bond donors (Lipinski definition) is 5. The Morgan fingerprint density at radius 3 is 1.62 bits per heavy atom. The lowest BCUT2D eigenvalue weighted by atomic mass is 10.1. The second-order valence-corrected chi connectivity index (χ2v) is 7.14. The highest BCUT2D eigenvalue weighted by Gasteiger charge is 2.46. The van der Waals surface area contributed by atoms with Gasteiger partial charge in [0.25, 0.3) is 6.29 Å². The first kappa shape index (κ1) is 28.8. The minimum Gasteiger partial charge on any atom is -0.462 e. The molecule has 0 saturated carbocycles. The summed E-state index contributed by atoms with van der Waals surface area (Å²) in [7, 11) is 0. The molecule has 0 radical (unpaired) electrons. The lowest BCUT2D eigenvalue weighted by Crippen LogP contribution is -2.49. The van der Waals surface area contributed by atoms with Gasteiger partial charge in [0.15, 0.2) is 11.9 Å². The van der Waals surface area contributed by atoms with E-state index in [2.05, 4.69) is 63.1 Å². The molecular formula is C16H20O11S5. The molecule has 180 valence electrons. The minimum absolute atomic E-state index is 0.270. The minimum atomic E-state index is -1.74. The largest absolute Gasteiger partial charge is 0.462 e. The van der Waals surface area contributed by atoms with E-state index in [1.807, 2.05) is 0 Å². The van der Waals surface area contributed by atoms with Gasteiger partial charge in [-0.25, -0.2) is 0 Å². The molecule has 1 rings (SSSR count). The molecule has 0 spiro atoms. The molecule has 0 aliphatic carbocycles. The van der Waals surface area contributed by atoms with Crippen LogP contribution in [0.5, 0.6) is 0 Å². The number of esters is 5. The summed E-state index contributed by atoms with van der Waals surface area (Å²) in [4.78, 5) is 59.2. The first-order chi connectivity index (χ1) is 15.2. The third-order valence-corrected chi connectivity index (χ3v) is 4.64. The summed E-state index contributed by atoms with van der Waals surface area (Å²) in [5.41, 5.74) is 0. The Morgan fingerprint density at radius 1 is 0.656 bits per heavy atom. The fourth-order valence-electron chi connectivity index (χ4n) is 2.13. The fourth-order valence-corrected chi connectivity index (χ4v) is 2.50. The predicted octanol–water partition coefficient (Wildman–Crippen LogP) is -0.343. The molecule has 11 nitrogen and oxygen atoms in total. The summed E-state index contributed by atoms with van der Waals surface area (Å²) >= 11 is 19.0. The van der Waals surface area contributed by atoms with Crippen LogP contribution in [0.4, 0.5) is 0 Å². The van der Waals surface area contributed by atoms with Crippen LogP contribution in [0.3, 0.4) is 0 Å². The molecule has 0 aromatic heterocycles. The number of rotatable bonds is 11.